The summed E-state index contributed by atoms with van der Waals surface area (Å²) < 4.78 is 12.5. The van der Waals surface area contributed by atoms with Crippen molar-refractivity contribution in [2.45, 2.75) is 37.5 Å². The van der Waals surface area contributed by atoms with Gasteiger partial charge in [-0.25, -0.2) is 4.98 Å². The molecule has 1 aliphatic heterocycles. The van der Waals surface area contributed by atoms with Crippen molar-refractivity contribution in [3.8, 4) is 11.5 Å². The van der Waals surface area contributed by atoms with Crippen molar-refractivity contribution in [3.05, 3.63) is 42.5 Å². The first-order valence-electron chi connectivity index (χ1n) is 8.08. The number of amides is 1. The number of nitrogens with zero attached hydrogens (tertiary/aromatic N) is 2. The molecule has 24 heavy (non-hydrogen) atoms. The fourth-order valence-corrected chi connectivity index (χ4v) is 3.39. The van der Waals surface area contributed by atoms with Gasteiger partial charge in [0.2, 0.25) is 6.79 Å². The molecule has 0 saturated heterocycles. The lowest BCUT2D eigenvalue weighted by molar-refractivity contribution is 0.0399. The number of benzene rings is 1. The number of aliphatic hydroxyl groups is 1. The summed E-state index contributed by atoms with van der Waals surface area (Å²) in [6.07, 6.45) is 7.15. The molecule has 2 aliphatic rings. The second kappa shape index (κ2) is 6.16. The van der Waals surface area contributed by atoms with E-state index in [9.17, 15) is 9.90 Å². The molecule has 0 unspecified atom stereocenters. The Morgan fingerprint density at radius 1 is 1.29 bits per heavy atom. The summed E-state index contributed by atoms with van der Waals surface area (Å²) in [4.78, 5) is 16.6. The molecular formula is C17H19N3O4. The zero-order chi connectivity index (χ0) is 16.5. The van der Waals surface area contributed by atoms with Gasteiger partial charge in [-0.3, -0.25) is 4.79 Å². The number of hydrogen-bond acceptors (Lipinski definition) is 5. The van der Waals surface area contributed by atoms with Gasteiger partial charge < -0.3 is 24.5 Å². The van der Waals surface area contributed by atoms with Crippen LogP contribution in [-0.4, -0.2) is 39.5 Å². The Morgan fingerprint density at radius 2 is 2.17 bits per heavy atom. The Balaban J connectivity index is 1.47. The van der Waals surface area contributed by atoms with Crippen LogP contribution in [0.2, 0.25) is 0 Å². The molecule has 4 rings (SSSR count). The minimum Gasteiger partial charge on any atom is -0.454 e. The highest BCUT2D eigenvalue weighted by Gasteiger charge is 2.34. The van der Waals surface area contributed by atoms with Crippen LogP contribution in [0.5, 0.6) is 11.5 Å². The standard InChI is InChI=1S/C17H19N3O4/c21-16-12(2-1-3-13(16)20-7-6-18-9-20)19-17(22)11-4-5-14-15(8-11)24-10-23-14/h4-9,12-13,16,21H,1-3,10H2,(H,19,22)/t12-,13-,16-/m1/s1. The van der Waals surface area contributed by atoms with Gasteiger partial charge in [0.15, 0.2) is 11.5 Å². The summed E-state index contributed by atoms with van der Waals surface area (Å²) in [6, 6.07) is 4.74. The van der Waals surface area contributed by atoms with Crippen molar-refractivity contribution in [1.29, 1.82) is 0 Å². The van der Waals surface area contributed by atoms with Crippen LogP contribution in [0.3, 0.4) is 0 Å². The number of rotatable bonds is 3. The van der Waals surface area contributed by atoms with Crippen LogP contribution >= 0.6 is 0 Å². The van der Waals surface area contributed by atoms with Crippen LogP contribution in [-0.2, 0) is 0 Å². The highest BCUT2D eigenvalue weighted by molar-refractivity contribution is 5.95. The van der Waals surface area contributed by atoms with Gasteiger partial charge in [0.25, 0.3) is 5.91 Å². The van der Waals surface area contributed by atoms with E-state index in [0.29, 0.717) is 17.1 Å². The summed E-state index contributed by atoms with van der Waals surface area (Å²) in [6.45, 7) is 0.175. The van der Waals surface area contributed by atoms with E-state index in [1.54, 1.807) is 30.7 Å². The predicted molar refractivity (Wildman–Crippen MR) is 84.9 cm³/mol. The quantitative estimate of drug-likeness (QED) is 0.891. The lowest BCUT2D eigenvalue weighted by Crippen LogP contribution is -2.49. The number of imidazole rings is 1. The van der Waals surface area contributed by atoms with Crippen molar-refractivity contribution in [2.24, 2.45) is 0 Å². The molecule has 2 aromatic rings. The summed E-state index contributed by atoms with van der Waals surface area (Å²) in [5.41, 5.74) is 0.496. The fraction of sp³-hybridized carbons (Fsp3) is 0.412. The summed E-state index contributed by atoms with van der Waals surface area (Å²) >= 11 is 0. The molecule has 0 spiro atoms. The summed E-state index contributed by atoms with van der Waals surface area (Å²) in [5, 5.41) is 13.6. The Morgan fingerprint density at radius 3 is 3.00 bits per heavy atom. The van der Waals surface area contributed by atoms with Crippen molar-refractivity contribution >= 4 is 5.91 Å². The van der Waals surface area contributed by atoms with Crippen molar-refractivity contribution in [3.63, 3.8) is 0 Å². The second-order valence-electron chi connectivity index (χ2n) is 6.15. The molecule has 1 aromatic carbocycles. The molecule has 1 saturated carbocycles. The lowest BCUT2D eigenvalue weighted by atomic mass is 9.87. The third-order valence-corrected chi connectivity index (χ3v) is 4.68. The number of carbonyl (C=O) groups is 1. The van der Waals surface area contributed by atoms with Gasteiger partial charge >= 0.3 is 0 Å². The highest BCUT2D eigenvalue weighted by Crippen LogP contribution is 2.33. The van der Waals surface area contributed by atoms with E-state index >= 15 is 0 Å². The first-order chi connectivity index (χ1) is 11.7. The summed E-state index contributed by atoms with van der Waals surface area (Å²) in [5.74, 6) is 0.996. The smallest absolute Gasteiger partial charge is 0.251 e. The molecular weight excluding hydrogens is 310 g/mol. The first-order valence-corrected chi connectivity index (χ1v) is 8.08. The van der Waals surface area contributed by atoms with E-state index in [1.165, 1.54) is 0 Å². The molecule has 1 aliphatic carbocycles. The average molecular weight is 329 g/mol. The number of carbonyl (C=O) groups excluding carboxylic acids is 1. The molecule has 0 bridgehead atoms. The third-order valence-electron chi connectivity index (χ3n) is 4.68. The van der Waals surface area contributed by atoms with Gasteiger partial charge in [-0.15, -0.1) is 0 Å². The molecule has 126 valence electrons. The molecule has 1 aromatic heterocycles. The number of hydrogen-bond donors (Lipinski definition) is 2. The van der Waals surface area contributed by atoms with E-state index < -0.39 is 6.10 Å². The molecule has 0 radical (unpaired) electrons. The monoisotopic (exact) mass is 329 g/mol. The maximum atomic E-state index is 12.5. The van der Waals surface area contributed by atoms with Gasteiger partial charge in [0.1, 0.15) is 0 Å². The van der Waals surface area contributed by atoms with Gasteiger partial charge in [-0.1, -0.05) is 0 Å². The largest absolute Gasteiger partial charge is 0.454 e. The molecule has 2 heterocycles. The van der Waals surface area contributed by atoms with Crippen molar-refractivity contribution < 1.29 is 19.4 Å². The minimum atomic E-state index is -0.647. The van der Waals surface area contributed by atoms with Crippen LogP contribution in [0.4, 0.5) is 0 Å². The number of ether oxygens (including phenoxy) is 2. The maximum absolute atomic E-state index is 12.5. The number of aliphatic hydroxyl groups excluding tert-OH is 1. The molecule has 2 N–H and O–H groups in total. The van der Waals surface area contributed by atoms with Crippen LogP contribution in [0, 0.1) is 0 Å². The van der Waals surface area contributed by atoms with Gasteiger partial charge in [-0.05, 0) is 37.5 Å². The maximum Gasteiger partial charge on any atom is 0.251 e. The first kappa shape index (κ1) is 15.0. The van der Waals surface area contributed by atoms with Gasteiger partial charge in [0, 0.05) is 18.0 Å². The highest BCUT2D eigenvalue weighted by atomic mass is 16.7. The zero-order valence-electron chi connectivity index (χ0n) is 13.1. The second-order valence-corrected chi connectivity index (χ2v) is 6.15. The number of fused-ring (bicyclic) bond motifs is 1. The van der Waals surface area contributed by atoms with Crippen LogP contribution in [0.1, 0.15) is 35.7 Å². The third kappa shape index (κ3) is 2.71. The van der Waals surface area contributed by atoms with Gasteiger partial charge in [-0.2, -0.15) is 0 Å². The van der Waals surface area contributed by atoms with Crippen LogP contribution < -0.4 is 14.8 Å². The Labute approximate surface area is 139 Å². The van der Waals surface area contributed by atoms with E-state index in [4.69, 9.17) is 9.47 Å². The minimum absolute atomic E-state index is 0.0664. The zero-order valence-corrected chi connectivity index (χ0v) is 13.1. The molecule has 7 nitrogen and oxygen atoms in total. The predicted octanol–water partition coefficient (Wildman–Crippen LogP) is 1.50. The Bertz CT molecular complexity index is 731. The normalized spacial score (nSPS) is 25.5. The molecule has 7 heteroatoms. The Kier molecular flexibility index (Phi) is 3.86. The molecule has 3 atom stereocenters. The lowest BCUT2D eigenvalue weighted by Gasteiger charge is -2.35. The van der Waals surface area contributed by atoms with E-state index in [1.807, 2.05) is 10.8 Å². The van der Waals surface area contributed by atoms with E-state index in [0.717, 1.165) is 19.3 Å². The van der Waals surface area contributed by atoms with Gasteiger partial charge in [0.05, 0.1) is 24.5 Å². The molecule has 1 fully saturated rings. The number of nitrogens with one attached hydrogen (secondary N) is 1. The van der Waals surface area contributed by atoms with E-state index in [2.05, 4.69) is 10.3 Å². The SMILES string of the molecule is O=C(N[C@@H]1CCC[C@@H](n2ccnc2)[C@@H]1O)c1ccc2c(c1)OCO2. The molecule has 1 amide bonds. The fourth-order valence-electron chi connectivity index (χ4n) is 3.39. The number of aromatic nitrogens is 2. The van der Waals surface area contributed by atoms with Crippen molar-refractivity contribution in [2.75, 3.05) is 6.79 Å². The average Bonchev–Trinajstić information content (AvgIpc) is 3.27. The van der Waals surface area contributed by atoms with E-state index in [-0.39, 0.29) is 24.8 Å². The summed E-state index contributed by atoms with van der Waals surface area (Å²) in [7, 11) is 0. The van der Waals surface area contributed by atoms with Crippen LogP contribution in [0.25, 0.3) is 0 Å². The van der Waals surface area contributed by atoms with Crippen molar-refractivity contribution in [1.82, 2.24) is 14.9 Å². The topological polar surface area (TPSA) is 85.6 Å². The van der Waals surface area contributed by atoms with Crippen LogP contribution in [0.15, 0.2) is 36.9 Å². The Hall–Kier alpha value is -2.54.